The second-order valence-electron chi connectivity index (χ2n) is 4.20. The van der Waals surface area contributed by atoms with Gasteiger partial charge in [0.1, 0.15) is 0 Å². The van der Waals surface area contributed by atoms with Gasteiger partial charge in [-0.3, -0.25) is 14.9 Å². The van der Waals surface area contributed by atoms with Crippen molar-refractivity contribution in [3.05, 3.63) is 72.6 Å². The highest BCUT2D eigenvalue weighted by Gasteiger charge is 2.07. The molecule has 0 unspecified atom stereocenters. The Morgan fingerprint density at radius 2 is 2.11 bits per heavy atom. The van der Waals surface area contributed by atoms with E-state index in [1.54, 1.807) is 31.3 Å². The third-order valence-corrected chi connectivity index (χ3v) is 3.14. The molecule has 0 radical (unpaired) electrons. The number of aryl methyl sites for hydroxylation is 1. The summed E-state index contributed by atoms with van der Waals surface area (Å²) in [6.07, 6.45) is 1.67. The van der Waals surface area contributed by atoms with E-state index in [2.05, 4.69) is 15.9 Å². The van der Waals surface area contributed by atoms with Crippen LogP contribution in [-0.2, 0) is 6.54 Å². The fourth-order valence-corrected chi connectivity index (χ4v) is 2.41. The lowest BCUT2D eigenvalue weighted by molar-refractivity contribution is -0.384. The van der Waals surface area contributed by atoms with Crippen LogP contribution in [0.5, 0.6) is 0 Å². The number of aromatic nitrogens is 1. The quantitative estimate of drug-likeness (QED) is 0.644. The molecule has 1 aromatic carbocycles. The molecule has 2 rings (SSSR count). The molecule has 1 aromatic heterocycles. The fourth-order valence-electron chi connectivity index (χ4n) is 1.82. The van der Waals surface area contributed by atoms with E-state index >= 15 is 0 Å². The smallest absolute Gasteiger partial charge is 0.269 e. The average Bonchev–Trinajstić information content (AvgIpc) is 2.35. The van der Waals surface area contributed by atoms with Crippen LogP contribution in [0.15, 0.2) is 45.8 Å². The molecule has 0 N–H and O–H groups in total. The predicted molar refractivity (Wildman–Crippen MR) is 75.3 cm³/mol. The van der Waals surface area contributed by atoms with Gasteiger partial charge in [-0.25, -0.2) is 0 Å². The van der Waals surface area contributed by atoms with Gasteiger partial charge in [-0.1, -0.05) is 12.1 Å². The Morgan fingerprint density at radius 3 is 2.79 bits per heavy atom. The average molecular weight is 323 g/mol. The molecule has 98 valence electrons. The predicted octanol–water partition coefficient (Wildman–Crippen LogP) is 2.88. The molecule has 1 heterocycles. The van der Waals surface area contributed by atoms with E-state index in [-0.39, 0.29) is 11.2 Å². The maximum atomic E-state index is 12.0. The SMILES string of the molecule is Cc1cc(Br)cn(Cc2cccc([N+](=O)[O-])c2)c1=O. The van der Waals surface area contributed by atoms with Crippen molar-refractivity contribution in [2.75, 3.05) is 0 Å². The zero-order valence-electron chi connectivity index (χ0n) is 10.2. The number of rotatable bonds is 3. The van der Waals surface area contributed by atoms with Crippen LogP contribution in [0.25, 0.3) is 0 Å². The molecule has 0 aliphatic carbocycles. The van der Waals surface area contributed by atoms with E-state index in [1.165, 1.54) is 16.7 Å². The molecule has 0 atom stereocenters. The largest absolute Gasteiger partial charge is 0.310 e. The third-order valence-electron chi connectivity index (χ3n) is 2.71. The highest BCUT2D eigenvalue weighted by molar-refractivity contribution is 9.10. The summed E-state index contributed by atoms with van der Waals surface area (Å²) in [6, 6.07) is 8.02. The minimum atomic E-state index is -0.446. The molecule has 0 bridgehead atoms. The number of hydrogen-bond donors (Lipinski definition) is 0. The van der Waals surface area contributed by atoms with Gasteiger partial charge in [0.25, 0.3) is 11.2 Å². The maximum Gasteiger partial charge on any atom is 0.269 e. The second-order valence-corrected chi connectivity index (χ2v) is 5.12. The Morgan fingerprint density at radius 1 is 1.37 bits per heavy atom. The standard InChI is InChI=1S/C13H11BrN2O3/c1-9-5-11(14)8-15(13(9)17)7-10-3-2-4-12(6-10)16(18)19/h2-6,8H,7H2,1H3. The zero-order valence-corrected chi connectivity index (χ0v) is 11.8. The van der Waals surface area contributed by atoms with Gasteiger partial charge in [0, 0.05) is 28.4 Å². The summed E-state index contributed by atoms with van der Waals surface area (Å²) in [5.41, 5.74) is 1.26. The van der Waals surface area contributed by atoms with Crippen LogP contribution in [0, 0.1) is 17.0 Å². The van der Waals surface area contributed by atoms with Crippen molar-refractivity contribution in [2.45, 2.75) is 13.5 Å². The van der Waals surface area contributed by atoms with E-state index < -0.39 is 4.92 Å². The number of hydrogen-bond acceptors (Lipinski definition) is 3. The Balaban J connectivity index is 2.39. The van der Waals surface area contributed by atoms with Gasteiger partial charge in [-0.2, -0.15) is 0 Å². The van der Waals surface area contributed by atoms with Crippen LogP contribution in [-0.4, -0.2) is 9.49 Å². The molecular weight excluding hydrogens is 312 g/mol. The van der Waals surface area contributed by atoms with Crippen LogP contribution >= 0.6 is 15.9 Å². The van der Waals surface area contributed by atoms with Crippen LogP contribution in [0.4, 0.5) is 5.69 Å². The fraction of sp³-hybridized carbons (Fsp3) is 0.154. The number of benzene rings is 1. The molecular formula is C13H11BrN2O3. The lowest BCUT2D eigenvalue weighted by atomic mass is 10.2. The summed E-state index contributed by atoms with van der Waals surface area (Å²) in [7, 11) is 0. The number of nitro groups is 1. The van der Waals surface area contributed by atoms with E-state index in [4.69, 9.17) is 0 Å². The number of nitrogens with zero attached hydrogens (tertiary/aromatic N) is 2. The van der Waals surface area contributed by atoms with Gasteiger partial charge in [0.15, 0.2) is 0 Å². The third kappa shape index (κ3) is 3.08. The molecule has 0 saturated heterocycles. The van der Waals surface area contributed by atoms with Crippen molar-refractivity contribution in [2.24, 2.45) is 0 Å². The molecule has 0 spiro atoms. The van der Waals surface area contributed by atoms with Crippen molar-refractivity contribution in [1.82, 2.24) is 4.57 Å². The van der Waals surface area contributed by atoms with Gasteiger partial charge < -0.3 is 4.57 Å². The number of pyridine rings is 1. The first kappa shape index (κ1) is 13.5. The van der Waals surface area contributed by atoms with Crippen LogP contribution in [0.1, 0.15) is 11.1 Å². The summed E-state index contributed by atoms with van der Waals surface area (Å²) < 4.78 is 2.33. The summed E-state index contributed by atoms with van der Waals surface area (Å²) >= 11 is 3.33. The molecule has 6 heteroatoms. The van der Waals surface area contributed by atoms with E-state index in [1.807, 2.05) is 0 Å². The molecule has 0 fully saturated rings. The Labute approximate surface area is 117 Å². The molecule has 19 heavy (non-hydrogen) atoms. The summed E-state index contributed by atoms with van der Waals surface area (Å²) in [6.45, 7) is 2.04. The first-order valence-corrected chi connectivity index (χ1v) is 6.36. The van der Waals surface area contributed by atoms with Crippen molar-refractivity contribution in [3.8, 4) is 0 Å². The lowest BCUT2D eigenvalue weighted by Crippen LogP contribution is -2.22. The van der Waals surface area contributed by atoms with Crippen molar-refractivity contribution >= 4 is 21.6 Å². The van der Waals surface area contributed by atoms with Gasteiger partial charge in [0.2, 0.25) is 0 Å². The van der Waals surface area contributed by atoms with Crippen molar-refractivity contribution < 1.29 is 4.92 Å². The van der Waals surface area contributed by atoms with Gasteiger partial charge in [-0.05, 0) is 34.5 Å². The molecule has 2 aromatic rings. The van der Waals surface area contributed by atoms with Gasteiger partial charge in [0.05, 0.1) is 11.5 Å². The summed E-state index contributed by atoms with van der Waals surface area (Å²) in [5, 5.41) is 10.7. The second kappa shape index (κ2) is 5.36. The number of halogens is 1. The topological polar surface area (TPSA) is 65.1 Å². The summed E-state index contributed by atoms with van der Waals surface area (Å²) in [5.74, 6) is 0. The number of non-ortho nitro benzene ring substituents is 1. The van der Waals surface area contributed by atoms with Crippen LogP contribution < -0.4 is 5.56 Å². The highest BCUT2D eigenvalue weighted by Crippen LogP contribution is 2.15. The Hall–Kier alpha value is -1.95. The van der Waals surface area contributed by atoms with Crippen LogP contribution in [0.2, 0.25) is 0 Å². The minimum Gasteiger partial charge on any atom is -0.310 e. The van der Waals surface area contributed by atoms with E-state index in [0.717, 1.165) is 4.47 Å². The molecule has 0 aliphatic rings. The van der Waals surface area contributed by atoms with Crippen LogP contribution in [0.3, 0.4) is 0 Å². The van der Waals surface area contributed by atoms with Crippen molar-refractivity contribution in [1.29, 1.82) is 0 Å². The molecule has 5 nitrogen and oxygen atoms in total. The normalized spacial score (nSPS) is 10.4. The van der Waals surface area contributed by atoms with E-state index in [0.29, 0.717) is 17.7 Å². The Bertz CT molecular complexity index is 695. The van der Waals surface area contributed by atoms with Crippen molar-refractivity contribution in [3.63, 3.8) is 0 Å². The number of nitro benzene ring substituents is 1. The summed E-state index contributed by atoms with van der Waals surface area (Å²) in [4.78, 5) is 22.2. The van der Waals surface area contributed by atoms with Gasteiger partial charge >= 0.3 is 0 Å². The minimum absolute atomic E-state index is 0.0252. The Kier molecular flexibility index (Phi) is 3.80. The maximum absolute atomic E-state index is 12.0. The molecule has 0 amide bonds. The first-order valence-electron chi connectivity index (χ1n) is 5.57. The monoisotopic (exact) mass is 322 g/mol. The molecule has 0 aliphatic heterocycles. The first-order chi connectivity index (χ1) is 8.97. The highest BCUT2D eigenvalue weighted by atomic mass is 79.9. The van der Waals surface area contributed by atoms with E-state index in [9.17, 15) is 14.9 Å². The molecule has 0 saturated carbocycles. The lowest BCUT2D eigenvalue weighted by Gasteiger charge is -2.07. The zero-order chi connectivity index (χ0) is 14.0. The van der Waals surface area contributed by atoms with Gasteiger partial charge in [-0.15, -0.1) is 0 Å².